The van der Waals surface area contributed by atoms with Crippen LogP contribution in [0.1, 0.15) is 24.5 Å². The smallest absolute Gasteiger partial charge is 0.327 e. The quantitative estimate of drug-likeness (QED) is 0.490. The van der Waals surface area contributed by atoms with Gasteiger partial charge in [-0.1, -0.05) is 6.08 Å². The molecule has 6 heteroatoms. The maximum absolute atomic E-state index is 10.3. The van der Waals surface area contributed by atoms with E-state index >= 15 is 0 Å². The van der Waals surface area contributed by atoms with E-state index in [0.717, 1.165) is 9.65 Å². The summed E-state index contributed by atoms with van der Waals surface area (Å²) in [5.74, 6) is -0.990. The number of phenolic OH excluding ortho intramolecular Hbond substituents is 1. The highest BCUT2D eigenvalue weighted by atomic mass is 127. The molecular formula is C14H17IO5. The fraction of sp³-hybridized carbons (Fsp3) is 0.357. The van der Waals surface area contributed by atoms with E-state index < -0.39 is 18.2 Å². The lowest BCUT2D eigenvalue weighted by Gasteiger charge is -2.22. The molecule has 20 heavy (non-hydrogen) atoms. The molecule has 1 aromatic carbocycles. The summed E-state index contributed by atoms with van der Waals surface area (Å²) in [5, 5.41) is 28.5. The summed E-state index contributed by atoms with van der Waals surface area (Å²) in [5.41, 5.74) is 0.408. The van der Waals surface area contributed by atoms with E-state index in [1.54, 1.807) is 12.1 Å². The zero-order valence-corrected chi connectivity index (χ0v) is 13.1. The predicted molar refractivity (Wildman–Crippen MR) is 82.6 cm³/mol. The second kappa shape index (κ2) is 8.23. The lowest BCUT2D eigenvalue weighted by atomic mass is 10.00. The summed E-state index contributed by atoms with van der Waals surface area (Å²) in [6.45, 7) is 0. The summed E-state index contributed by atoms with van der Waals surface area (Å²) >= 11 is 2.09. The Labute approximate surface area is 131 Å². The van der Waals surface area contributed by atoms with Gasteiger partial charge in [0.15, 0.2) is 0 Å². The predicted octanol–water partition coefficient (Wildman–Crippen LogP) is 2.47. The molecule has 5 nitrogen and oxygen atoms in total. The molecule has 0 saturated heterocycles. The van der Waals surface area contributed by atoms with Crippen LogP contribution in [0, 0.1) is 3.57 Å². The first-order valence-corrected chi connectivity index (χ1v) is 7.12. The molecule has 2 atom stereocenters. The lowest BCUT2D eigenvalue weighted by molar-refractivity contribution is -0.131. The van der Waals surface area contributed by atoms with Crippen molar-refractivity contribution in [2.75, 3.05) is 7.11 Å². The largest absolute Gasteiger partial charge is 0.508 e. The molecule has 0 aromatic heterocycles. The molecule has 1 aromatic rings. The van der Waals surface area contributed by atoms with Crippen LogP contribution < -0.4 is 0 Å². The monoisotopic (exact) mass is 392 g/mol. The highest BCUT2D eigenvalue weighted by molar-refractivity contribution is 14.1. The Hall–Kier alpha value is -1.12. The molecule has 0 fully saturated rings. The first-order valence-electron chi connectivity index (χ1n) is 6.04. The number of ether oxygens (including phenoxy) is 1. The van der Waals surface area contributed by atoms with Gasteiger partial charge in [-0.3, -0.25) is 0 Å². The number of methoxy groups -OCH3 is 1. The maximum atomic E-state index is 10.3. The lowest BCUT2D eigenvalue weighted by Crippen LogP contribution is -2.21. The molecular weight excluding hydrogens is 375 g/mol. The number of rotatable bonds is 7. The van der Waals surface area contributed by atoms with Crippen LogP contribution in [0.15, 0.2) is 30.4 Å². The zero-order chi connectivity index (χ0) is 15.1. The first kappa shape index (κ1) is 16.9. The number of halogens is 1. The average Bonchev–Trinajstić information content (AvgIpc) is 2.40. The third-order valence-corrected chi connectivity index (χ3v) is 3.51. The number of carbonyl (C=O) groups is 1. The van der Waals surface area contributed by atoms with Gasteiger partial charge in [0.1, 0.15) is 11.9 Å². The molecule has 0 unspecified atom stereocenters. The van der Waals surface area contributed by atoms with Gasteiger partial charge >= 0.3 is 5.97 Å². The number of aliphatic hydroxyl groups is 1. The molecule has 0 amide bonds. The third kappa shape index (κ3) is 5.10. The molecule has 0 heterocycles. The number of aromatic hydroxyl groups is 1. The fourth-order valence-electron chi connectivity index (χ4n) is 1.81. The minimum atomic E-state index is -1.00. The Morgan fingerprint density at radius 1 is 1.50 bits per heavy atom. The standard InChI is InChI=1S/C14H17IO5/c1-20-12(4-2-3-5-13(17)18)14(19)10-8-9(15)6-7-11(10)16/h3,5-8,12,14,16,19H,2,4H2,1H3,(H,17,18)/b5-3+/t12-,14-/m0/s1. The first-order chi connectivity index (χ1) is 9.45. The normalized spacial score (nSPS) is 14.3. The van der Waals surface area contributed by atoms with Gasteiger partial charge in [-0.15, -0.1) is 0 Å². The molecule has 110 valence electrons. The topological polar surface area (TPSA) is 87.0 Å². The fourth-order valence-corrected chi connectivity index (χ4v) is 2.33. The zero-order valence-electron chi connectivity index (χ0n) is 11.0. The maximum Gasteiger partial charge on any atom is 0.327 e. The number of carboxylic acid groups (broad SMARTS) is 1. The molecule has 0 aliphatic heterocycles. The number of aliphatic carboxylic acids is 1. The molecule has 3 N–H and O–H groups in total. The second-order valence-corrected chi connectivity index (χ2v) is 5.49. The van der Waals surface area contributed by atoms with Crippen molar-refractivity contribution in [2.45, 2.75) is 25.0 Å². The van der Waals surface area contributed by atoms with E-state index in [1.165, 1.54) is 19.3 Å². The van der Waals surface area contributed by atoms with Crippen molar-refractivity contribution < 1.29 is 24.9 Å². The number of phenols is 1. The number of benzene rings is 1. The van der Waals surface area contributed by atoms with Crippen LogP contribution in [-0.4, -0.2) is 34.5 Å². The van der Waals surface area contributed by atoms with Crippen LogP contribution >= 0.6 is 22.6 Å². The summed E-state index contributed by atoms with van der Waals surface area (Å²) in [7, 11) is 1.47. The molecule has 0 bridgehead atoms. The molecule has 0 saturated carbocycles. The molecule has 0 spiro atoms. The van der Waals surface area contributed by atoms with E-state index in [9.17, 15) is 15.0 Å². The second-order valence-electron chi connectivity index (χ2n) is 4.24. The summed E-state index contributed by atoms with van der Waals surface area (Å²) in [4.78, 5) is 10.3. The number of allylic oxidation sites excluding steroid dienone is 1. The van der Waals surface area contributed by atoms with Gasteiger partial charge < -0.3 is 20.1 Å². The molecule has 0 aliphatic carbocycles. The Kier molecular flexibility index (Phi) is 6.97. The van der Waals surface area contributed by atoms with E-state index in [-0.39, 0.29) is 5.75 Å². The molecule has 0 aliphatic rings. The van der Waals surface area contributed by atoms with Crippen LogP contribution in [0.4, 0.5) is 0 Å². The average molecular weight is 392 g/mol. The van der Waals surface area contributed by atoms with Crippen molar-refractivity contribution in [1.82, 2.24) is 0 Å². The van der Waals surface area contributed by atoms with Crippen LogP contribution in [0.3, 0.4) is 0 Å². The summed E-state index contributed by atoms with van der Waals surface area (Å²) in [6, 6.07) is 4.96. The van der Waals surface area contributed by atoms with E-state index in [4.69, 9.17) is 9.84 Å². The van der Waals surface area contributed by atoms with Crippen LogP contribution in [0.2, 0.25) is 0 Å². The Bertz CT molecular complexity index is 486. The number of aliphatic hydroxyl groups excluding tert-OH is 1. The van der Waals surface area contributed by atoms with E-state index in [0.29, 0.717) is 18.4 Å². The number of carboxylic acids is 1. The molecule has 1 rings (SSSR count). The Morgan fingerprint density at radius 3 is 2.80 bits per heavy atom. The van der Waals surface area contributed by atoms with Gasteiger partial charge in [-0.05, 0) is 53.6 Å². The molecule has 0 radical (unpaired) electrons. The Balaban J connectivity index is 2.73. The summed E-state index contributed by atoms with van der Waals surface area (Å²) in [6.07, 6.45) is 2.00. The number of hydrogen-bond donors (Lipinski definition) is 3. The highest BCUT2D eigenvalue weighted by Crippen LogP contribution is 2.30. The minimum absolute atomic E-state index is 0.0149. The van der Waals surface area contributed by atoms with Gasteiger partial charge in [0.25, 0.3) is 0 Å². The van der Waals surface area contributed by atoms with Crippen LogP contribution in [0.25, 0.3) is 0 Å². The summed E-state index contributed by atoms with van der Waals surface area (Å²) < 4.78 is 6.12. The van der Waals surface area contributed by atoms with Gasteiger partial charge in [0, 0.05) is 22.3 Å². The van der Waals surface area contributed by atoms with Crippen LogP contribution in [-0.2, 0) is 9.53 Å². The van der Waals surface area contributed by atoms with E-state index in [2.05, 4.69) is 22.6 Å². The van der Waals surface area contributed by atoms with Crippen molar-refractivity contribution >= 4 is 28.6 Å². The van der Waals surface area contributed by atoms with Crippen molar-refractivity contribution in [3.8, 4) is 5.75 Å². The Morgan fingerprint density at radius 2 is 2.20 bits per heavy atom. The van der Waals surface area contributed by atoms with Crippen LogP contribution in [0.5, 0.6) is 5.75 Å². The van der Waals surface area contributed by atoms with Crippen molar-refractivity contribution in [3.63, 3.8) is 0 Å². The van der Waals surface area contributed by atoms with Gasteiger partial charge in [-0.2, -0.15) is 0 Å². The van der Waals surface area contributed by atoms with Crippen molar-refractivity contribution in [2.24, 2.45) is 0 Å². The minimum Gasteiger partial charge on any atom is -0.508 e. The van der Waals surface area contributed by atoms with Gasteiger partial charge in [-0.25, -0.2) is 4.79 Å². The highest BCUT2D eigenvalue weighted by Gasteiger charge is 2.22. The SMILES string of the molecule is CO[C@@H](CC/C=C/C(=O)O)[C@@H](O)c1cc(I)ccc1O. The van der Waals surface area contributed by atoms with Crippen molar-refractivity contribution in [3.05, 3.63) is 39.5 Å². The third-order valence-electron chi connectivity index (χ3n) is 2.84. The van der Waals surface area contributed by atoms with Gasteiger partial charge in [0.05, 0.1) is 6.10 Å². The van der Waals surface area contributed by atoms with E-state index in [1.807, 2.05) is 0 Å². The van der Waals surface area contributed by atoms with Gasteiger partial charge in [0.2, 0.25) is 0 Å². The van der Waals surface area contributed by atoms with Crippen molar-refractivity contribution in [1.29, 1.82) is 0 Å². The number of hydrogen-bond acceptors (Lipinski definition) is 4.